The number of carboxylic acid groups (broad SMARTS) is 1. The van der Waals surface area contributed by atoms with Crippen LogP contribution in [0.2, 0.25) is 0 Å². The van der Waals surface area contributed by atoms with Gasteiger partial charge in [-0.15, -0.1) is 23.1 Å². The molecule has 0 aliphatic carbocycles. The zero-order chi connectivity index (χ0) is 13.1. The van der Waals surface area contributed by atoms with Gasteiger partial charge >= 0.3 is 5.97 Å². The maximum absolute atomic E-state index is 12.0. The first-order valence-corrected chi connectivity index (χ1v) is 7.61. The lowest BCUT2D eigenvalue weighted by molar-refractivity contribution is -0.142. The number of likely N-dealkylation sites (tertiary alicyclic amines) is 1. The molecular weight excluding hydrogens is 270 g/mol. The lowest BCUT2D eigenvalue weighted by Gasteiger charge is -2.15. The van der Waals surface area contributed by atoms with Gasteiger partial charge in [-0.1, -0.05) is 13.0 Å². The fraction of sp³-hybridized carbons (Fsp3) is 0.500. The van der Waals surface area contributed by atoms with Gasteiger partial charge in [0.25, 0.3) is 0 Å². The van der Waals surface area contributed by atoms with Crippen molar-refractivity contribution in [2.75, 3.05) is 18.8 Å². The summed E-state index contributed by atoms with van der Waals surface area (Å²) in [5.74, 6) is -0.758. The number of rotatable bonds is 4. The second-order valence-electron chi connectivity index (χ2n) is 4.44. The Morgan fingerprint density at radius 3 is 2.89 bits per heavy atom. The third-order valence-electron chi connectivity index (χ3n) is 3.12. The van der Waals surface area contributed by atoms with Gasteiger partial charge in [0.1, 0.15) is 0 Å². The molecule has 1 aliphatic rings. The first kappa shape index (κ1) is 13.4. The number of hydrogen-bond donors (Lipinski definition) is 1. The summed E-state index contributed by atoms with van der Waals surface area (Å²) in [4.78, 5) is 24.6. The molecule has 18 heavy (non-hydrogen) atoms. The van der Waals surface area contributed by atoms with Gasteiger partial charge in [0, 0.05) is 13.1 Å². The molecule has 1 aromatic heterocycles. The van der Waals surface area contributed by atoms with E-state index in [2.05, 4.69) is 0 Å². The van der Waals surface area contributed by atoms with Crippen LogP contribution in [0.4, 0.5) is 0 Å². The van der Waals surface area contributed by atoms with Crippen molar-refractivity contribution in [2.24, 2.45) is 11.8 Å². The van der Waals surface area contributed by atoms with Crippen LogP contribution < -0.4 is 0 Å². The summed E-state index contributed by atoms with van der Waals surface area (Å²) in [6, 6.07) is 3.94. The minimum atomic E-state index is -0.802. The molecule has 0 aromatic carbocycles. The minimum Gasteiger partial charge on any atom is -0.481 e. The van der Waals surface area contributed by atoms with Crippen LogP contribution in [0.15, 0.2) is 21.7 Å². The molecule has 1 fully saturated rings. The summed E-state index contributed by atoms with van der Waals surface area (Å²) in [5, 5.41) is 11.0. The molecule has 1 aromatic rings. The van der Waals surface area contributed by atoms with Crippen molar-refractivity contribution in [1.82, 2.24) is 4.90 Å². The highest BCUT2D eigenvalue weighted by Crippen LogP contribution is 2.27. The number of carboxylic acids is 1. The maximum atomic E-state index is 12.0. The Morgan fingerprint density at radius 2 is 2.33 bits per heavy atom. The van der Waals surface area contributed by atoms with Crippen LogP contribution in [-0.2, 0) is 9.59 Å². The normalized spacial score (nSPS) is 23.3. The number of nitrogens with zero attached hydrogens (tertiary/aromatic N) is 1. The monoisotopic (exact) mass is 285 g/mol. The number of hydrogen-bond acceptors (Lipinski definition) is 4. The van der Waals surface area contributed by atoms with Crippen molar-refractivity contribution in [3.8, 4) is 0 Å². The van der Waals surface area contributed by atoms with Crippen molar-refractivity contribution in [3.05, 3.63) is 17.5 Å². The van der Waals surface area contributed by atoms with E-state index in [1.54, 1.807) is 16.2 Å². The van der Waals surface area contributed by atoms with Gasteiger partial charge in [0.05, 0.1) is 15.9 Å². The summed E-state index contributed by atoms with van der Waals surface area (Å²) in [7, 11) is 0. The highest BCUT2D eigenvalue weighted by molar-refractivity contribution is 8.01. The van der Waals surface area contributed by atoms with Crippen molar-refractivity contribution >= 4 is 35.0 Å². The van der Waals surface area contributed by atoms with Crippen LogP contribution in [0.1, 0.15) is 6.92 Å². The molecule has 2 rings (SSSR count). The molecule has 2 heterocycles. The second kappa shape index (κ2) is 5.75. The Labute approximate surface area is 114 Å². The third-order valence-corrected chi connectivity index (χ3v) is 5.23. The quantitative estimate of drug-likeness (QED) is 0.860. The van der Waals surface area contributed by atoms with E-state index in [0.29, 0.717) is 18.8 Å². The zero-order valence-electron chi connectivity index (χ0n) is 10.0. The van der Waals surface area contributed by atoms with E-state index in [1.807, 2.05) is 24.4 Å². The van der Waals surface area contributed by atoms with Gasteiger partial charge in [-0.2, -0.15) is 0 Å². The van der Waals surface area contributed by atoms with Crippen molar-refractivity contribution in [2.45, 2.75) is 11.1 Å². The molecular formula is C12H15NO3S2. The average Bonchev–Trinajstić information content (AvgIpc) is 2.94. The molecule has 1 N–H and O–H groups in total. The van der Waals surface area contributed by atoms with E-state index >= 15 is 0 Å². The summed E-state index contributed by atoms with van der Waals surface area (Å²) in [6.07, 6.45) is 0. The standard InChI is InChI=1S/C12H15NO3S2/c1-8-5-13(6-9(8)12(15)16)10(14)7-18-11-3-2-4-17-11/h2-4,8-9H,5-7H2,1H3,(H,15,16)/t8-,9-/m1/s1. The number of amides is 1. The number of thioether (sulfide) groups is 1. The van der Waals surface area contributed by atoms with Crippen molar-refractivity contribution in [3.63, 3.8) is 0 Å². The van der Waals surface area contributed by atoms with Crippen LogP contribution in [-0.4, -0.2) is 40.7 Å². The highest BCUT2D eigenvalue weighted by Gasteiger charge is 2.36. The van der Waals surface area contributed by atoms with Gasteiger partial charge in [-0.05, 0) is 17.4 Å². The molecule has 1 saturated heterocycles. The molecule has 0 unspecified atom stereocenters. The molecule has 0 saturated carbocycles. The molecule has 98 valence electrons. The van der Waals surface area contributed by atoms with Gasteiger partial charge in [-0.3, -0.25) is 9.59 Å². The Hall–Kier alpha value is -1.01. The lowest BCUT2D eigenvalue weighted by Crippen LogP contribution is -2.31. The van der Waals surface area contributed by atoms with Crippen LogP contribution >= 0.6 is 23.1 Å². The molecule has 0 bridgehead atoms. The van der Waals surface area contributed by atoms with Crippen LogP contribution in [0.3, 0.4) is 0 Å². The van der Waals surface area contributed by atoms with E-state index < -0.39 is 11.9 Å². The molecule has 2 atom stereocenters. The van der Waals surface area contributed by atoms with E-state index in [1.165, 1.54) is 11.8 Å². The molecule has 1 amide bonds. The first-order chi connectivity index (χ1) is 8.58. The number of thiophene rings is 1. The van der Waals surface area contributed by atoms with Crippen LogP contribution in [0.5, 0.6) is 0 Å². The van der Waals surface area contributed by atoms with E-state index in [-0.39, 0.29) is 11.8 Å². The molecule has 0 radical (unpaired) electrons. The second-order valence-corrected chi connectivity index (χ2v) is 6.66. The Morgan fingerprint density at radius 1 is 1.56 bits per heavy atom. The molecule has 6 heteroatoms. The third kappa shape index (κ3) is 3.05. The Balaban J connectivity index is 1.85. The average molecular weight is 285 g/mol. The van der Waals surface area contributed by atoms with Gasteiger partial charge in [0.2, 0.25) is 5.91 Å². The summed E-state index contributed by atoms with van der Waals surface area (Å²) >= 11 is 3.12. The fourth-order valence-corrected chi connectivity index (χ4v) is 3.75. The predicted octanol–water partition coefficient (Wildman–Crippen LogP) is 2.02. The minimum absolute atomic E-state index is 0.0315. The highest BCUT2D eigenvalue weighted by atomic mass is 32.2. The lowest BCUT2D eigenvalue weighted by atomic mass is 9.99. The topological polar surface area (TPSA) is 57.6 Å². The van der Waals surface area contributed by atoms with Crippen LogP contribution in [0, 0.1) is 11.8 Å². The first-order valence-electron chi connectivity index (χ1n) is 5.75. The molecule has 1 aliphatic heterocycles. The number of aliphatic carboxylic acids is 1. The van der Waals surface area contributed by atoms with Crippen molar-refractivity contribution < 1.29 is 14.7 Å². The molecule has 0 spiro atoms. The van der Waals surface area contributed by atoms with Gasteiger partial charge in [-0.25, -0.2) is 0 Å². The SMILES string of the molecule is C[C@@H]1CN(C(=O)CSc2cccs2)C[C@H]1C(=O)O. The largest absolute Gasteiger partial charge is 0.481 e. The smallest absolute Gasteiger partial charge is 0.308 e. The van der Waals surface area contributed by atoms with Gasteiger partial charge < -0.3 is 10.0 Å². The van der Waals surface area contributed by atoms with E-state index in [4.69, 9.17) is 5.11 Å². The van der Waals surface area contributed by atoms with Crippen molar-refractivity contribution in [1.29, 1.82) is 0 Å². The fourth-order valence-electron chi connectivity index (χ4n) is 2.06. The summed E-state index contributed by atoms with van der Waals surface area (Å²) in [6.45, 7) is 2.79. The van der Waals surface area contributed by atoms with Gasteiger partial charge in [0.15, 0.2) is 0 Å². The number of carbonyl (C=O) groups is 2. The summed E-state index contributed by atoms with van der Waals surface area (Å²) in [5.41, 5.74) is 0. The maximum Gasteiger partial charge on any atom is 0.308 e. The van der Waals surface area contributed by atoms with E-state index in [9.17, 15) is 9.59 Å². The number of carbonyl (C=O) groups excluding carboxylic acids is 1. The van der Waals surface area contributed by atoms with E-state index in [0.717, 1.165) is 4.21 Å². The zero-order valence-corrected chi connectivity index (χ0v) is 11.7. The van der Waals surface area contributed by atoms with Crippen LogP contribution in [0.25, 0.3) is 0 Å². The summed E-state index contributed by atoms with van der Waals surface area (Å²) < 4.78 is 1.12. The molecule has 4 nitrogen and oxygen atoms in total. The Kier molecular flexibility index (Phi) is 4.29. The predicted molar refractivity (Wildman–Crippen MR) is 71.9 cm³/mol. The Bertz CT molecular complexity index is 433.